The minimum absolute atomic E-state index is 0.00969. The number of aliphatic hydroxyl groups excluding tert-OH is 2. The van der Waals surface area contributed by atoms with Crippen LogP contribution >= 0.6 is 0 Å². The van der Waals surface area contributed by atoms with E-state index < -0.39 is 6.10 Å². The second-order valence-electron chi connectivity index (χ2n) is 4.93. The Kier molecular flexibility index (Phi) is 5.41. The Hall–Kier alpha value is -1.79. The lowest BCUT2D eigenvalue weighted by Crippen LogP contribution is -2.24. The first-order valence-corrected chi connectivity index (χ1v) is 7.15. The second kappa shape index (κ2) is 7.28. The third-order valence-corrected chi connectivity index (χ3v) is 3.20. The van der Waals surface area contributed by atoms with Gasteiger partial charge < -0.3 is 25.0 Å². The zero-order valence-electron chi connectivity index (χ0n) is 12.1. The van der Waals surface area contributed by atoms with Crippen molar-refractivity contribution in [2.75, 3.05) is 31.7 Å². The van der Waals surface area contributed by atoms with Gasteiger partial charge in [-0.1, -0.05) is 6.92 Å². The summed E-state index contributed by atoms with van der Waals surface area (Å²) < 4.78 is 11.0. The molecule has 0 spiro atoms. The highest BCUT2D eigenvalue weighted by atomic mass is 16.6. The van der Waals surface area contributed by atoms with Gasteiger partial charge in [0.25, 0.3) is 0 Å². The van der Waals surface area contributed by atoms with Crippen LogP contribution in [0.4, 0.5) is 5.69 Å². The maximum Gasteiger partial charge on any atom is 0.165 e. The van der Waals surface area contributed by atoms with Crippen LogP contribution in [-0.4, -0.2) is 48.5 Å². The van der Waals surface area contributed by atoms with E-state index in [1.807, 2.05) is 6.92 Å². The highest BCUT2D eigenvalue weighted by Crippen LogP contribution is 2.36. The van der Waals surface area contributed by atoms with E-state index in [0.717, 1.165) is 6.42 Å². The lowest BCUT2D eigenvalue weighted by Gasteiger charge is -2.22. The average molecular weight is 295 g/mol. The number of rotatable bonds is 7. The Morgan fingerprint density at radius 3 is 2.62 bits per heavy atom. The number of anilines is 1. The van der Waals surface area contributed by atoms with Crippen molar-refractivity contribution in [2.24, 2.45) is 0 Å². The third-order valence-electron chi connectivity index (χ3n) is 3.20. The normalized spacial score (nSPS) is 14.6. The molecule has 1 aliphatic heterocycles. The Morgan fingerprint density at radius 1 is 1.33 bits per heavy atom. The fourth-order valence-electron chi connectivity index (χ4n) is 2.12. The van der Waals surface area contributed by atoms with Gasteiger partial charge in [-0.3, -0.25) is 4.79 Å². The minimum Gasteiger partial charge on any atom is -0.486 e. The summed E-state index contributed by atoms with van der Waals surface area (Å²) in [6.45, 7) is 2.69. The molecule has 0 bridgehead atoms. The number of aliphatic hydroxyl groups is 2. The number of carbonyl (C=O) groups is 1. The average Bonchev–Trinajstić information content (AvgIpc) is 2.51. The molecule has 0 saturated carbocycles. The Bertz CT molecular complexity index is 503. The topological polar surface area (TPSA) is 88.0 Å². The molecule has 6 nitrogen and oxygen atoms in total. The molecule has 0 radical (unpaired) electrons. The van der Waals surface area contributed by atoms with Gasteiger partial charge in [-0.15, -0.1) is 0 Å². The first kappa shape index (κ1) is 15.6. The second-order valence-corrected chi connectivity index (χ2v) is 4.93. The number of nitrogens with one attached hydrogen (secondary N) is 1. The summed E-state index contributed by atoms with van der Waals surface area (Å²) >= 11 is 0. The molecule has 21 heavy (non-hydrogen) atoms. The lowest BCUT2D eigenvalue weighted by atomic mass is 10.0. The van der Waals surface area contributed by atoms with Crippen LogP contribution in [0.25, 0.3) is 0 Å². The van der Waals surface area contributed by atoms with Crippen LogP contribution in [0.15, 0.2) is 12.1 Å². The summed E-state index contributed by atoms with van der Waals surface area (Å²) in [6, 6.07) is 3.39. The number of fused-ring (bicyclic) bond motifs is 1. The van der Waals surface area contributed by atoms with Crippen molar-refractivity contribution in [1.29, 1.82) is 0 Å². The number of Topliss-reactive ketones (excluding diaryl/α,β-unsaturated/α-hetero) is 1. The molecule has 1 atom stereocenters. The summed E-state index contributed by atoms with van der Waals surface area (Å²) in [5.41, 5.74) is 1.11. The van der Waals surface area contributed by atoms with E-state index in [-0.39, 0.29) is 18.9 Å². The van der Waals surface area contributed by atoms with Crippen LogP contribution in [0.1, 0.15) is 30.1 Å². The predicted octanol–water partition coefficient (Wildman–Crippen LogP) is 1.21. The first-order valence-electron chi connectivity index (χ1n) is 7.15. The zero-order valence-corrected chi connectivity index (χ0v) is 12.1. The van der Waals surface area contributed by atoms with Gasteiger partial charge >= 0.3 is 0 Å². The van der Waals surface area contributed by atoms with Gasteiger partial charge in [0.15, 0.2) is 17.3 Å². The molecule has 0 aliphatic carbocycles. The summed E-state index contributed by atoms with van der Waals surface area (Å²) in [4.78, 5) is 12.2. The standard InChI is InChI=1S/C15H21NO5/c1-2-3-13(19)11-6-14-15(21-5-4-20-14)7-12(11)16-8-10(18)9-17/h6-7,10,16-18H,2-5,8-9H2,1H3. The predicted molar refractivity (Wildman–Crippen MR) is 78.3 cm³/mol. The number of hydrogen-bond acceptors (Lipinski definition) is 6. The monoisotopic (exact) mass is 295 g/mol. The number of ketones is 1. The van der Waals surface area contributed by atoms with Crippen LogP contribution < -0.4 is 14.8 Å². The maximum atomic E-state index is 12.2. The lowest BCUT2D eigenvalue weighted by molar-refractivity contribution is 0.0979. The van der Waals surface area contributed by atoms with Gasteiger partial charge in [0.05, 0.1) is 12.7 Å². The molecule has 0 saturated heterocycles. The van der Waals surface area contributed by atoms with Gasteiger partial charge in [-0.05, 0) is 12.5 Å². The van der Waals surface area contributed by atoms with Gasteiger partial charge in [0, 0.05) is 30.3 Å². The number of ether oxygens (including phenoxy) is 2. The van der Waals surface area contributed by atoms with Crippen LogP contribution in [0, 0.1) is 0 Å². The largest absolute Gasteiger partial charge is 0.486 e. The van der Waals surface area contributed by atoms with Crippen molar-refractivity contribution >= 4 is 11.5 Å². The van der Waals surface area contributed by atoms with E-state index in [1.165, 1.54) is 0 Å². The van der Waals surface area contributed by atoms with Crippen LogP contribution in [0.5, 0.6) is 11.5 Å². The summed E-state index contributed by atoms with van der Waals surface area (Å²) in [6.07, 6.45) is 0.315. The molecule has 0 aromatic heterocycles. The van der Waals surface area contributed by atoms with Crippen LogP contribution in [0.3, 0.4) is 0 Å². The van der Waals surface area contributed by atoms with E-state index in [0.29, 0.717) is 42.4 Å². The number of carbonyl (C=O) groups excluding carboxylic acids is 1. The molecular weight excluding hydrogens is 274 g/mol. The first-order chi connectivity index (χ1) is 10.2. The van der Waals surface area contributed by atoms with Crippen molar-refractivity contribution in [1.82, 2.24) is 0 Å². The molecule has 1 unspecified atom stereocenters. The SMILES string of the molecule is CCCC(=O)c1cc2c(cc1NCC(O)CO)OCCO2. The van der Waals surface area contributed by atoms with Gasteiger partial charge in [0.2, 0.25) is 0 Å². The van der Waals surface area contributed by atoms with Crippen LogP contribution in [0.2, 0.25) is 0 Å². The molecule has 1 heterocycles. The third kappa shape index (κ3) is 3.86. The fraction of sp³-hybridized carbons (Fsp3) is 0.533. The molecule has 0 fully saturated rings. The summed E-state index contributed by atoms with van der Waals surface area (Å²) in [5.74, 6) is 1.15. The molecule has 116 valence electrons. The summed E-state index contributed by atoms with van der Waals surface area (Å²) in [7, 11) is 0. The Morgan fingerprint density at radius 2 is 2.00 bits per heavy atom. The summed E-state index contributed by atoms with van der Waals surface area (Å²) in [5, 5.41) is 21.3. The van der Waals surface area contributed by atoms with Gasteiger partial charge in [0.1, 0.15) is 13.2 Å². The number of benzene rings is 1. The molecule has 0 amide bonds. The molecule has 3 N–H and O–H groups in total. The minimum atomic E-state index is -0.882. The highest BCUT2D eigenvalue weighted by molar-refractivity contribution is 6.02. The van der Waals surface area contributed by atoms with Gasteiger partial charge in [-0.2, -0.15) is 0 Å². The fourth-order valence-corrected chi connectivity index (χ4v) is 2.12. The van der Waals surface area contributed by atoms with Crippen molar-refractivity contribution in [3.8, 4) is 11.5 Å². The maximum absolute atomic E-state index is 12.2. The highest BCUT2D eigenvalue weighted by Gasteiger charge is 2.19. The van der Waals surface area contributed by atoms with E-state index >= 15 is 0 Å². The van der Waals surface area contributed by atoms with E-state index in [9.17, 15) is 9.90 Å². The molecule has 2 rings (SSSR count). The van der Waals surface area contributed by atoms with E-state index in [1.54, 1.807) is 12.1 Å². The smallest absolute Gasteiger partial charge is 0.165 e. The van der Waals surface area contributed by atoms with Crippen LogP contribution in [-0.2, 0) is 0 Å². The van der Waals surface area contributed by atoms with Gasteiger partial charge in [-0.25, -0.2) is 0 Å². The molecule has 6 heteroatoms. The van der Waals surface area contributed by atoms with Crippen molar-refractivity contribution in [2.45, 2.75) is 25.9 Å². The number of hydrogen-bond donors (Lipinski definition) is 3. The van der Waals surface area contributed by atoms with E-state index in [2.05, 4.69) is 5.32 Å². The zero-order chi connectivity index (χ0) is 15.2. The molecular formula is C15H21NO5. The molecule has 1 aromatic carbocycles. The van der Waals surface area contributed by atoms with Crippen molar-refractivity contribution in [3.63, 3.8) is 0 Å². The van der Waals surface area contributed by atoms with Crippen molar-refractivity contribution < 1.29 is 24.5 Å². The Balaban J connectivity index is 2.27. The van der Waals surface area contributed by atoms with Crippen molar-refractivity contribution in [3.05, 3.63) is 17.7 Å². The molecule has 1 aliphatic rings. The molecule has 1 aromatic rings. The van der Waals surface area contributed by atoms with E-state index in [4.69, 9.17) is 14.6 Å². The Labute approximate surface area is 123 Å². The quantitative estimate of drug-likeness (QED) is 0.655.